The lowest BCUT2D eigenvalue weighted by molar-refractivity contribution is -0.152. The smallest absolute Gasteiger partial charge is 0.306 e. The van der Waals surface area contributed by atoms with Crippen LogP contribution in [0.5, 0.6) is 0 Å². The van der Waals surface area contributed by atoms with E-state index in [2.05, 4.69) is 13.8 Å². The Balaban J connectivity index is 2.27. The Morgan fingerprint density at radius 3 is 2.40 bits per heavy atom. The van der Waals surface area contributed by atoms with Crippen LogP contribution in [0.25, 0.3) is 0 Å². The molecule has 0 aliphatic heterocycles. The molecule has 2 atom stereocenters. The molecule has 1 aliphatic carbocycles. The third-order valence-electron chi connectivity index (χ3n) is 3.02. The van der Waals surface area contributed by atoms with Crippen molar-refractivity contribution in [3.63, 3.8) is 0 Å². The summed E-state index contributed by atoms with van der Waals surface area (Å²) < 4.78 is 5.44. The van der Waals surface area contributed by atoms with E-state index in [1.54, 1.807) is 0 Å². The zero-order valence-electron chi connectivity index (χ0n) is 9.87. The largest absolute Gasteiger partial charge is 0.462 e. The minimum atomic E-state index is -0.0771. The molecular weight excluding hydrogens is 190 g/mol. The van der Waals surface area contributed by atoms with Crippen LogP contribution in [0.3, 0.4) is 0 Å². The number of hydrogen-bond acceptors (Lipinski definition) is 3. The van der Waals surface area contributed by atoms with Crippen LogP contribution >= 0.6 is 0 Å². The van der Waals surface area contributed by atoms with Crippen molar-refractivity contribution in [2.75, 3.05) is 6.54 Å². The average Bonchev–Trinajstić information content (AvgIpc) is 2.13. The van der Waals surface area contributed by atoms with Crippen LogP contribution in [-0.4, -0.2) is 18.6 Å². The highest BCUT2D eigenvalue weighted by Crippen LogP contribution is 2.30. The highest BCUT2D eigenvalue weighted by Gasteiger charge is 2.26. The molecule has 0 saturated heterocycles. The van der Waals surface area contributed by atoms with E-state index in [9.17, 15) is 4.79 Å². The Labute approximate surface area is 92.4 Å². The van der Waals surface area contributed by atoms with Crippen LogP contribution in [0, 0.1) is 11.8 Å². The first-order chi connectivity index (χ1) is 7.11. The maximum Gasteiger partial charge on any atom is 0.306 e. The summed E-state index contributed by atoms with van der Waals surface area (Å²) in [6, 6.07) is 0. The first-order valence-corrected chi connectivity index (χ1v) is 6.01. The van der Waals surface area contributed by atoms with Crippen LogP contribution in [0.15, 0.2) is 0 Å². The number of nitrogens with two attached hydrogens (primary N) is 1. The van der Waals surface area contributed by atoms with Crippen LogP contribution in [0.1, 0.15) is 46.0 Å². The molecule has 1 saturated carbocycles. The fourth-order valence-corrected chi connectivity index (χ4v) is 2.46. The zero-order valence-corrected chi connectivity index (χ0v) is 9.87. The van der Waals surface area contributed by atoms with Crippen LogP contribution in [0.2, 0.25) is 0 Å². The summed E-state index contributed by atoms with van der Waals surface area (Å²) in [5, 5.41) is 0. The van der Waals surface area contributed by atoms with Crippen molar-refractivity contribution >= 4 is 5.97 Å². The molecule has 0 radical (unpaired) electrons. The highest BCUT2D eigenvalue weighted by molar-refractivity contribution is 5.69. The Kier molecular flexibility index (Phi) is 5.09. The van der Waals surface area contributed by atoms with Gasteiger partial charge in [0.15, 0.2) is 0 Å². The fraction of sp³-hybridized carbons (Fsp3) is 0.917. The van der Waals surface area contributed by atoms with Gasteiger partial charge in [-0.25, -0.2) is 0 Å². The van der Waals surface area contributed by atoms with Gasteiger partial charge in [0, 0.05) is 6.42 Å². The number of ether oxygens (including phenoxy) is 1. The molecule has 88 valence electrons. The topological polar surface area (TPSA) is 52.3 Å². The molecule has 0 heterocycles. The summed E-state index contributed by atoms with van der Waals surface area (Å²) in [6.45, 7) is 5.03. The predicted molar refractivity (Wildman–Crippen MR) is 60.3 cm³/mol. The second kappa shape index (κ2) is 6.11. The molecule has 1 rings (SSSR count). The predicted octanol–water partition coefficient (Wildman–Crippen LogP) is 2.09. The van der Waals surface area contributed by atoms with Gasteiger partial charge in [-0.1, -0.05) is 13.8 Å². The molecular formula is C12H23NO2. The molecule has 2 unspecified atom stereocenters. The summed E-state index contributed by atoms with van der Waals surface area (Å²) in [5.41, 5.74) is 5.35. The van der Waals surface area contributed by atoms with Crippen molar-refractivity contribution < 1.29 is 9.53 Å². The molecule has 3 heteroatoms. The van der Waals surface area contributed by atoms with Crippen molar-refractivity contribution in [3.8, 4) is 0 Å². The summed E-state index contributed by atoms with van der Waals surface area (Å²) in [5.74, 6) is 1.29. The van der Waals surface area contributed by atoms with Gasteiger partial charge >= 0.3 is 5.97 Å². The van der Waals surface area contributed by atoms with E-state index in [1.807, 2.05) is 0 Å². The molecule has 0 aromatic rings. The standard InChI is InChI=1S/C12H23NO2/c1-9-6-10(2)8-11(7-9)15-12(14)4-3-5-13/h9-11H,3-8,13H2,1-2H3. The quantitative estimate of drug-likeness (QED) is 0.727. The van der Waals surface area contributed by atoms with Crippen molar-refractivity contribution in [1.29, 1.82) is 0 Å². The third-order valence-corrected chi connectivity index (χ3v) is 3.02. The van der Waals surface area contributed by atoms with Gasteiger partial charge in [-0.15, -0.1) is 0 Å². The minimum Gasteiger partial charge on any atom is -0.462 e. The summed E-state index contributed by atoms with van der Waals surface area (Å²) in [7, 11) is 0. The van der Waals surface area contributed by atoms with Crippen LogP contribution in [-0.2, 0) is 9.53 Å². The lowest BCUT2D eigenvalue weighted by Gasteiger charge is -2.31. The van der Waals surface area contributed by atoms with Crippen molar-refractivity contribution in [2.24, 2.45) is 17.6 Å². The maximum absolute atomic E-state index is 11.4. The lowest BCUT2D eigenvalue weighted by atomic mass is 9.82. The first kappa shape index (κ1) is 12.5. The van der Waals surface area contributed by atoms with Crippen molar-refractivity contribution in [2.45, 2.75) is 52.1 Å². The van der Waals surface area contributed by atoms with E-state index in [0.29, 0.717) is 24.8 Å². The summed E-state index contributed by atoms with van der Waals surface area (Å²) in [4.78, 5) is 11.4. The molecule has 0 aromatic carbocycles. The Morgan fingerprint density at radius 2 is 1.87 bits per heavy atom. The molecule has 15 heavy (non-hydrogen) atoms. The minimum absolute atomic E-state index is 0.0771. The molecule has 3 nitrogen and oxygen atoms in total. The Morgan fingerprint density at radius 1 is 1.27 bits per heavy atom. The van der Waals surface area contributed by atoms with Gasteiger partial charge in [-0.3, -0.25) is 4.79 Å². The van der Waals surface area contributed by atoms with E-state index >= 15 is 0 Å². The SMILES string of the molecule is CC1CC(C)CC(OC(=O)CCCN)C1. The fourth-order valence-electron chi connectivity index (χ4n) is 2.46. The van der Waals surface area contributed by atoms with Gasteiger partial charge in [-0.2, -0.15) is 0 Å². The van der Waals surface area contributed by atoms with E-state index in [4.69, 9.17) is 10.5 Å². The van der Waals surface area contributed by atoms with Gasteiger partial charge in [0.1, 0.15) is 6.10 Å². The van der Waals surface area contributed by atoms with Gasteiger partial charge in [0.25, 0.3) is 0 Å². The average molecular weight is 213 g/mol. The molecule has 1 fully saturated rings. The van der Waals surface area contributed by atoms with Crippen LogP contribution in [0.4, 0.5) is 0 Å². The van der Waals surface area contributed by atoms with E-state index in [1.165, 1.54) is 6.42 Å². The zero-order chi connectivity index (χ0) is 11.3. The lowest BCUT2D eigenvalue weighted by Crippen LogP contribution is -2.28. The van der Waals surface area contributed by atoms with E-state index in [-0.39, 0.29) is 12.1 Å². The summed E-state index contributed by atoms with van der Waals surface area (Å²) in [6.07, 6.45) is 4.66. The molecule has 1 aliphatic rings. The van der Waals surface area contributed by atoms with Crippen molar-refractivity contribution in [3.05, 3.63) is 0 Å². The molecule has 0 spiro atoms. The number of rotatable bonds is 4. The highest BCUT2D eigenvalue weighted by atomic mass is 16.5. The van der Waals surface area contributed by atoms with E-state index in [0.717, 1.165) is 19.3 Å². The Bertz CT molecular complexity index is 196. The van der Waals surface area contributed by atoms with Crippen molar-refractivity contribution in [1.82, 2.24) is 0 Å². The van der Waals surface area contributed by atoms with Gasteiger partial charge in [0.2, 0.25) is 0 Å². The molecule has 0 amide bonds. The number of carbonyl (C=O) groups is 1. The summed E-state index contributed by atoms with van der Waals surface area (Å²) >= 11 is 0. The second-order valence-electron chi connectivity index (χ2n) is 4.92. The van der Waals surface area contributed by atoms with Gasteiger partial charge < -0.3 is 10.5 Å². The molecule has 0 bridgehead atoms. The maximum atomic E-state index is 11.4. The normalized spacial score (nSPS) is 31.3. The molecule has 2 N–H and O–H groups in total. The molecule has 0 aromatic heterocycles. The Hall–Kier alpha value is -0.570. The second-order valence-corrected chi connectivity index (χ2v) is 4.92. The number of carbonyl (C=O) groups excluding carboxylic acids is 1. The van der Waals surface area contributed by atoms with Gasteiger partial charge in [-0.05, 0) is 44.1 Å². The number of hydrogen-bond donors (Lipinski definition) is 1. The van der Waals surface area contributed by atoms with Gasteiger partial charge in [0.05, 0.1) is 0 Å². The van der Waals surface area contributed by atoms with E-state index < -0.39 is 0 Å². The monoisotopic (exact) mass is 213 g/mol. The third kappa shape index (κ3) is 4.65. The number of esters is 1. The first-order valence-electron chi connectivity index (χ1n) is 6.01. The van der Waals surface area contributed by atoms with Crippen LogP contribution < -0.4 is 5.73 Å².